The molecule has 0 aliphatic rings. The van der Waals surface area contributed by atoms with Crippen molar-refractivity contribution < 1.29 is 9.21 Å². The minimum absolute atomic E-state index is 0.166. The molecule has 4 aromatic carbocycles. The molecule has 0 saturated carbocycles. The summed E-state index contributed by atoms with van der Waals surface area (Å²) in [6.45, 7) is 2.03. The Balaban J connectivity index is 1.48. The molecule has 0 radical (unpaired) electrons. The zero-order valence-electron chi connectivity index (χ0n) is 16.1. The van der Waals surface area contributed by atoms with Gasteiger partial charge in [0, 0.05) is 21.3 Å². The van der Waals surface area contributed by atoms with E-state index in [0.29, 0.717) is 28.2 Å². The second kappa shape index (κ2) is 7.43. The van der Waals surface area contributed by atoms with Crippen LogP contribution in [0.25, 0.3) is 33.3 Å². The lowest BCUT2D eigenvalue weighted by molar-refractivity contribution is 0.102. The molecular formula is C25H17BrN2O2. The molecule has 0 saturated heterocycles. The third-order valence-electron chi connectivity index (χ3n) is 5.13. The first-order valence-corrected chi connectivity index (χ1v) is 10.3. The first-order valence-electron chi connectivity index (χ1n) is 9.55. The van der Waals surface area contributed by atoms with Gasteiger partial charge in [0.15, 0.2) is 5.58 Å². The van der Waals surface area contributed by atoms with Crippen LogP contribution in [0, 0.1) is 6.92 Å². The Morgan fingerprint density at radius 2 is 1.73 bits per heavy atom. The summed E-state index contributed by atoms with van der Waals surface area (Å²) in [5.41, 5.74) is 4.73. The molecule has 1 heterocycles. The predicted octanol–water partition coefficient (Wildman–Crippen LogP) is 6.97. The molecule has 0 aliphatic carbocycles. The maximum atomic E-state index is 13.0. The monoisotopic (exact) mass is 456 g/mol. The maximum Gasteiger partial charge on any atom is 0.256 e. The van der Waals surface area contributed by atoms with Gasteiger partial charge in [0.25, 0.3) is 5.91 Å². The van der Waals surface area contributed by atoms with E-state index in [2.05, 4.69) is 26.2 Å². The minimum Gasteiger partial charge on any atom is -0.436 e. The Bertz CT molecular complexity index is 1420. The Labute approximate surface area is 181 Å². The van der Waals surface area contributed by atoms with Gasteiger partial charge in [0.1, 0.15) is 5.52 Å². The van der Waals surface area contributed by atoms with Gasteiger partial charge in [-0.1, -0.05) is 58.4 Å². The first-order chi connectivity index (χ1) is 14.6. The number of halogens is 1. The van der Waals surface area contributed by atoms with E-state index >= 15 is 0 Å². The van der Waals surface area contributed by atoms with Gasteiger partial charge in [-0.25, -0.2) is 4.98 Å². The lowest BCUT2D eigenvalue weighted by atomic mass is 10.0. The summed E-state index contributed by atoms with van der Waals surface area (Å²) in [6, 6.07) is 25.0. The molecule has 1 N–H and O–H groups in total. The number of aryl methyl sites for hydroxylation is 1. The van der Waals surface area contributed by atoms with Crippen molar-refractivity contribution in [1.29, 1.82) is 0 Å². The van der Waals surface area contributed by atoms with E-state index in [4.69, 9.17) is 4.42 Å². The van der Waals surface area contributed by atoms with Gasteiger partial charge < -0.3 is 9.73 Å². The number of nitrogens with zero attached hydrogens (tertiary/aromatic N) is 1. The first kappa shape index (κ1) is 18.6. The lowest BCUT2D eigenvalue weighted by Crippen LogP contribution is -2.12. The van der Waals surface area contributed by atoms with Crippen molar-refractivity contribution in [1.82, 2.24) is 4.98 Å². The molecule has 0 fully saturated rings. The van der Waals surface area contributed by atoms with Crippen LogP contribution in [-0.2, 0) is 0 Å². The third kappa shape index (κ3) is 3.27. The number of rotatable bonds is 3. The van der Waals surface area contributed by atoms with E-state index < -0.39 is 0 Å². The highest BCUT2D eigenvalue weighted by molar-refractivity contribution is 9.10. The van der Waals surface area contributed by atoms with Crippen molar-refractivity contribution in [3.8, 4) is 11.5 Å². The number of aromatic nitrogens is 1. The van der Waals surface area contributed by atoms with Crippen molar-refractivity contribution in [3.05, 3.63) is 94.5 Å². The van der Waals surface area contributed by atoms with Crippen LogP contribution in [0.1, 0.15) is 15.9 Å². The molecule has 146 valence electrons. The summed E-state index contributed by atoms with van der Waals surface area (Å²) in [7, 11) is 0. The van der Waals surface area contributed by atoms with E-state index in [0.717, 1.165) is 26.4 Å². The maximum absolute atomic E-state index is 13.0. The van der Waals surface area contributed by atoms with E-state index in [-0.39, 0.29) is 5.91 Å². The molecule has 0 unspecified atom stereocenters. The molecule has 1 amide bonds. The largest absolute Gasteiger partial charge is 0.436 e. The van der Waals surface area contributed by atoms with Crippen molar-refractivity contribution in [2.75, 3.05) is 5.32 Å². The van der Waals surface area contributed by atoms with Gasteiger partial charge in [0.2, 0.25) is 5.89 Å². The second-order valence-corrected chi connectivity index (χ2v) is 7.97. The zero-order chi connectivity index (χ0) is 20.7. The molecule has 1 aromatic heterocycles. The van der Waals surface area contributed by atoms with Crippen LogP contribution < -0.4 is 5.32 Å². The third-order valence-corrected chi connectivity index (χ3v) is 5.83. The summed E-state index contributed by atoms with van der Waals surface area (Å²) in [5.74, 6) is 0.408. The number of amides is 1. The number of hydrogen-bond acceptors (Lipinski definition) is 3. The average molecular weight is 457 g/mol. The van der Waals surface area contributed by atoms with Crippen LogP contribution in [0.2, 0.25) is 0 Å². The van der Waals surface area contributed by atoms with Gasteiger partial charge in [-0.2, -0.15) is 0 Å². The SMILES string of the molecule is Cc1ccccc1-c1nc2cc(NC(=O)c3cccc4c(Br)cccc34)ccc2o1. The molecule has 5 heteroatoms. The fourth-order valence-corrected chi connectivity index (χ4v) is 4.10. The van der Waals surface area contributed by atoms with E-state index in [9.17, 15) is 4.79 Å². The average Bonchev–Trinajstić information content (AvgIpc) is 3.17. The number of nitrogens with one attached hydrogen (secondary N) is 1. The number of benzene rings is 4. The summed E-state index contributed by atoms with van der Waals surface area (Å²) < 4.78 is 6.88. The molecule has 0 bridgehead atoms. The Hall–Kier alpha value is -3.44. The van der Waals surface area contributed by atoms with Crippen molar-refractivity contribution in [3.63, 3.8) is 0 Å². The number of fused-ring (bicyclic) bond motifs is 2. The molecule has 30 heavy (non-hydrogen) atoms. The van der Waals surface area contributed by atoms with E-state index in [1.165, 1.54) is 0 Å². The van der Waals surface area contributed by atoms with Crippen LogP contribution >= 0.6 is 15.9 Å². The number of carbonyl (C=O) groups excluding carboxylic acids is 1. The van der Waals surface area contributed by atoms with E-state index in [1.54, 1.807) is 0 Å². The molecule has 0 atom stereocenters. The van der Waals surface area contributed by atoms with Crippen LogP contribution in [-0.4, -0.2) is 10.9 Å². The predicted molar refractivity (Wildman–Crippen MR) is 124 cm³/mol. The minimum atomic E-state index is -0.166. The molecule has 0 aliphatic heterocycles. The topological polar surface area (TPSA) is 55.1 Å². The number of anilines is 1. The number of carbonyl (C=O) groups is 1. The second-order valence-electron chi connectivity index (χ2n) is 7.11. The van der Waals surface area contributed by atoms with Crippen LogP contribution in [0.4, 0.5) is 5.69 Å². The van der Waals surface area contributed by atoms with Crippen molar-refractivity contribution in [2.45, 2.75) is 6.92 Å². The highest BCUT2D eigenvalue weighted by atomic mass is 79.9. The summed E-state index contributed by atoms with van der Waals surface area (Å²) in [6.07, 6.45) is 0. The van der Waals surface area contributed by atoms with Gasteiger partial charge in [-0.3, -0.25) is 4.79 Å². The summed E-state index contributed by atoms with van der Waals surface area (Å²) in [5, 5.41) is 4.88. The van der Waals surface area contributed by atoms with Gasteiger partial charge in [-0.05, 0) is 59.7 Å². The van der Waals surface area contributed by atoms with Gasteiger partial charge in [-0.15, -0.1) is 0 Å². The fraction of sp³-hybridized carbons (Fsp3) is 0.0400. The Morgan fingerprint density at radius 1 is 0.933 bits per heavy atom. The Kier molecular flexibility index (Phi) is 4.60. The molecule has 5 rings (SSSR count). The zero-order valence-corrected chi connectivity index (χ0v) is 17.7. The lowest BCUT2D eigenvalue weighted by Gasteiger charge is -2.09. The number of oxazole rings is 1. The molecule has 4 nitrogen and oxygen atoms in total. The normalized spacial score (nSPS) is 11.1. The number of hydrogen-bond donors (Lipinski definition) is 1. The summed E-state index contributed by atoms with van der Waals surface area (Å²) >= 11 is 3.55. The highest BCUT2D eigenvalue weighted by Gasteiger charge is 2.14. The highest BCUT2D eigenvalue weighted by Crippen LogP contribution is 2.29. The molecule has 5 aromatic rings. The standard InChI is InChI=1S/C25H17BrN2O2/c1-15-6-2-3-7-17(15)25-28-22-14-16(12-13-23(22)30-25)27-24(29)20-10-4-9-19-18(20)8-5-11-21(19)26/h2-14H,1H3,(H,27,29). The quantitative estimate of drug-likeness (QED) is 0.318. The molecule has 0 spiro atoms. The molecular weight excluding hydrogens is 440 g/mol. The summed E-state index contributed by atoms with van der Waals surface area (Å²) in [4.78, 5) is 17.6. The van der Waals surface area contributed by atoms with Crippen LogP contribution in [0.15, 0.2) is 87.8 Å². The van der Waals surface area contributed by atoms with Crippen LogP contribution in [0.3, 0.4) is 0 Å². The van der Waals surface area contributed by atoms with Gasteiger partial charge >= 0.3 is 0 Å². The van der Waals surface area contributed by atoms with Crippen molar-refractivity contribution in [2.24, 2.45) is 0 Å². The fourth-order valence-electron chi connectivity index (χ4n) is 3.60. The smallest absolute Gasteiger partial charge is 0.256 e. The van der Waals surface area contributed by atoms with Crippen LogP contribution in [0.5, 0.6) is 0 Å². The van der Waals surface area contributed by atoms with Crippen molar-refractivity contribution >= 4 is 49.4 Å². The Morgan fingerprint density at radius 3 is 2.60 bits per heavy atom. The van der Waals surface area contributed by atoms with E-state index in [1.807, 2.05) is 85.8 Å². The van der Waals surface area contributed by atoms with Gasteiger partial charge in [0.05, 0.1) is 0 Å².